The van der Waals surface area contributed by atoms with Crippen molar-refractivity contribution >= 4 is 11.6 Å². The molecule has 6 heteroatoms. The zero-order chi connectivity index (χ0) is 22.8. The molecule has 0 radical (unpaired) electrons. The van der Waals surface area contributed by atoms with E-state index in [1.54, 1.807) is 12.2 Å². The second-order valence-electron chi connectivity index (χ2n) is 9.62. The molecule has 0 spiro atoms. The third-order valence-electron chi connectivity index (χ3n) is 6.99. The fourth-order valence-corrected chi connectivity index (χ4v) is 5.65. The highest BCUT2D eigenvalue weighted by Gasteiger charge is 2.41. The Labute approximate surface area is 190 Å². The molecule has 2 aliphatic carbocycles. The van der Waals surface area contributed by atoms with E-state index in [0.717, 1.165) is 36.6 Å². The van der Waals surface area contributed by atoms with Gasteiger partial charge in [-0.25, -0.2) is 0 Å². The Hall–Kier alpha value is -2.60. The minimum Gasteiger partial charge on any atom is -0.454 e. The molecule has 0 aromatic rings. The maximum absolute atomic E-state index is 13.5. The maximum Gasteiger partial charge on any atom is 0.231 e. The number of hydrogen-bond donors (Lipinski definition) is 1. The number of likely N-dealkylation sites (tertiary alicyclic amines) is 1. The molecule has 1 amide bonds. The highest BCUT2D eigenvalue weighted by Crippen LogP contribution is 2.41. The van der Waals surface area contributed by atoms with Crippen molar-refractivity contribution < 1.29 is 19.4 Å². The van der Waals surface area contributed by atoms with E-state index in [1.807, 2.05) is 11.0 Å². The van der Waals surface area contributed by atoms with Crippen LogP contribution in [0.25, 0.3) is 0 Å². The summed E-state index contributed by atoms with van der Waals surface area (Å²) in [5, 5.41) is 11.0. The first kappa shape index (κ1) is 22.6. The van der Waals surface area contributed by atoms with E-state index in [9.17, 15) is 9.90 Å². The molecule has 4 rings (SSSR count). The number of aliphatic hydroxyl groups is 1. The molecule has 2 saturated heterocycles. The van der Waals surface area contributed by atoms with Gasteiger partial charge in [0.2, 0.25) is 12.7 Å². The van der Waals surface area contributed by atoms with Crippen molar-refractivity contribution in [3.05, 3.63) is 60.8 Å². The predicted octanol–water partition coefficient (Wildman–Crippen LogP) is 3.98. The summed E-state index contributed by atoms with van der Waals surface area (Å²) < 4.78 is 11.1. The SMILES string of the molecule is C=C/N=C1\C(=C)C=CC(O)C1C(CC(=O)N1CC(C)CC(C)C1)C1C=C2OCOC2=CC1. The van der Waals surface area contributed by atoms with Gasteiger partial charge in [0.05, 0.1) is 11.8 Å². The summed E-state index contributed by atoms with van der Waals surface area (Å²) in [7, 11) is 0. The maximum atomic E-state index is 13.5. The van der Waals surface area contributed by atoms with Crippen LogP contribution < -0.4 is 0 Å². The zero-order valence-electron chi connectivity index (χ0n) is 19.1. The molecule has 6 nitrogen and oxygen atoms in total. The quantitative estimate of drug-likeness (QED) is 0.705. The van der Waals surface area contributed by atoms with Crippen LogP contribution >= 0.6 is 0 Å². The summed E-state index contributed by atoms with van der Waals surface area (Å²) in [6, 6.07) is 0. The molecule has 2 fully saturated rings. The number of aliphatic hydroxyl groups excluding tert-OH is 1. The average Bonchev–Trinajstić information content (AvgIpc) is 3.22. The van der Waals surface area contributed by atoms with E-state index in [-0.39, 0.29) is 30.5 Å². The van der Waals surface area contributed by atoms with Gasteiger partial charge in [0.25, 0.3) is 0 Å². The molecule has 172 valence electrons. The van der Waals surface area contributed by atoms with Crippen molar-refractivity contribution in [2.75, 3.05) is 19.9 Å². The van der Waals surface area contributed by atoms with E-state index in [0.29, 0.717) is 30.4 Å². The molecule has 32 heavy (non-hydrogen) atoms. The van der Waals surface area contributed by atoms with Crippen molar-refractivity contribution in [2.24, 2.45) is 34.6 Å². The number of nitrogens with zero attached hydrogens (tertiary/aromatic N) is 2. The van der Waals surface area contributed by atoms with Gasteiger partial charge in [-0.3, -0.25) is 9.79 Å². The Balaban J connectivity index is 1.65. The van der Waals surface area contributed by atoms with E-state index in [1.165, 1.54) is 6.20 Å². The molecule has 1 N–H and O–H groups in total. The third-order valence-corrected chi connectivity index (χ3v) is 6.99. The van der Waals surface area contributed by atoms with Crippen LogP contribution in [0.4, 0.5) is 0 Å². The number of carbonyl (C=O) groups excluding carboxylic acids is 1. The number of amides is 1. The first-order chi connectivity index (χ1) is 15.4. The minimum atomic E-state index is -0.749. The van der Waals surface area contributed by atoms with Gasteiger partial charge in [0, 0.05) is 31.6 Å². The smallest absolute Gasteiger partial charge is 0.231 e. The van der Waals surface area contributed by atoms with Gasteiger partial charge in [0.1, 0.15) is 0 Å². The molecule has 0 aromatic heterocycles. The van der Waals surface area contributed by atoms with E-state index >= 15 is 0 Å². The largest absolute Gasteiger partial charge is 0.454 e. The standard InChI is InChI=1S/C26H34N2O4/c1-5-27-26-18(4)6-8-21(29)25(26)20(19-7-9-22-23(11-19)32-15-31-22)12-24(30)28-13-16(2)10-17(3)14-28/h5-6,8-9,11,16-17,19-21,25,29H,1,4,7,10,12-15H2,2-3H3/b27-26+. The molecule has 4 aliphatic rings. The number of hydrogen-bond acceptors (Lipinski definition) is 5. The molecular weight excluding hydrogens is 404 g/mol. The fraction of sp³-hybridized carbons (Fsp3) is 0.538. The van der Waals surface area contributed by atoms with Crippen LogP contribution in [0.5, 0.6) is 0 Å². The van der Waals surface area contributed by atoms with Crippen molar-refractivity contribution in [1.29, 1.82) is 0 Å². The lowest BCUT2D eigenvalue weighted by Gasteiger charge is -2.40. The van der Waals surface area contributed by atoms with Crippen LogP contribution in [-0.2, 0) is 14.3 Å². The lowest BCUT2D eigenvalue weighted by Crippen LogP contribution is -2.46. The van der Waals surface area contributed by atoms with Gasteiger partial charge in [-0.2, -0.15) is 0 Å². The minimum absolute atomic E-state index is 0.00741. The van der Waals surface area contributed by atoms with Crippen LogP contribution in [0.3, 0.4) is 0 Å². The van der Waals surface area contributed by atoms with Crippen molar-refractivity contribution in [2.45, 2.75) is 39.2 Å². The fourth-order valence-electron chi connectivity index (χ4n) is 5.65. The number of ether oxygens (including phenoxy) is 2. The van der Waals surface area contributed by atoms with Gasteiger partial charge in [-0.15, -0.1) is 0 Å². The molecule has 0 bridgehead atoms. The normalized spacial score (nSPS) is 34.2. The Morgan fingerprint density at radius 1 is 1.31 bits per heavy atom. The number of allylic oxidation sites excluding steroid dienone is 4. The summed E-state index contributed by atoms with van der Waals surface area (Å²) in [5.41, 5.74) is 1.45. The van der Waals surface area contributed by atoms with Crippen molar-refractivity contribution in [3.63, 3.8) is 0 Å². The Morgan fingerprint density at radius 3 is 2.75 bits per heavy atom. The van der Waals surface area contributed by atoms with Crippen LogP contribution in [-0.4, -0.2) is 47.6 Å². The van der Waals surface area contributed by atoms with Crippen molar-refractivity contribution in [3.8, 4) is 0 Å². The van der Waals surface area contributed by atoms with Gasteiger partial charge >= 0.3 is 0 Å². The number of rotatable bonds is 5. The molecule has 6 unspecified atom stereocenters. The number of aliphatic imine (C=N–C) groups is 1. The Morgan fingerprint density at radius 2 is 2.03 bits per heavy atom. The van der Waals surface area contributed by atoms with Crippen molar-refractivity contribution in [1.82, 2.24) is 4.90 Å². The van der Waals surface area contributed by atoms with E-state index < -0.39 is 6.10 Å². The van der Waals surface area contributed by atoms with Crippen LogP contribution in [0, 0.1) is 29.6 Å². The van der Waals surface area contributed by atoms with Gasteiger partial charge in [-0.05, 0) is 54.2 Å². The van der Waals surface area contributed by atoms with Gasteiger partial charge < -0.3 is 19.5 Å². The Bertz CT molecular complexity index is 890. The number of fused-ring (bicyclic) bond motifs is 1. The monoisotopic (exact) mass is 438 g/mol. The summed E-state index contributed by atoms with van der Waals surface area (Å²) in [5.74, 6) is 2.10. The molecular formula is C26H34N2O4. The molecule has 0 aromatic carbocycles. The lowest BCUT2D eigenvalue weighted by atomic mass is 9.69. The van der Waals surface area contributed by atoms with E-state index in [4.69, 9.17) is 9.47 Å². The second kappa shape index (κ2) is 9.49. The van der Waals surface area contributed by atoms with E-state index in [2.05, 4.69) is 38.1 Å². The average molecular weight is 439 g/mol. The summed E-state index contributed by atoms with van der Waals surface area (Å²) in [4.78, 5) is 20.0. The summed E-state index contributed by atoms with van der Waals surface area (Å²) in [6.45, 7) is 14.1. The summed E-state index contributed by atoms with van der Waals surface area (Å²) in [6.07, 6.45) is 10.6. The number of carbonyl (C=O) groups is 1. The molecule has 2 heterocycles. The third kappa shape index (κ3) is 4.60. The lowest BCUT2D eigenvalue weighted by molar-refractivity contribution is -0.135. The van der Waals surface area contributed by atoms with Gasteiger partial charge in [0.15, 0.2) is 11.5 Å². The van der Waals surface area contributed by atoms with Crippen LogP contribution in [0.1, 0.15) is 33.1 Å². The first-order valence-electron chi connectivity index (χ1n) is 11.6. The zero-order valence-corrected chi connectivity index (χ0v) is 19.1. The second-order valence-corrected chi connectivity index (χ2v) is 9.62. The topological polar surface area (TPSA) is 71.4 Å². The van der Waals surface area contributed by atoms with Crippen LogP contribution in [0.15, 0.2) is 65.7 Å². The van der Waals surface area contributed by atoms with Gasteiger partial charge in [-0.1, -0.05) is 39.2 Å². The highest BCUT2D eigenvalue weighted by molar-refractivity contribution is 6.05. The highest BCUT2D eigenvalue weighted by atomic mass is 16.7. The number of piperidine rings is 1. The molecule has 2 aliphatic heterocycles. The van der Waals surface area contributed by atoms with Crippen LogP contribution in [0.2, 0.25) is 0 Å². The molecule has 6 atom stereocenters. The summed E-state index contributed by atoms with van der Waals surface area (Å²) >= 11 is 0. The Kier molecular flexibility index (Phi) is 6.70. The molecule has 0 saturated carbocycles. The predicted molar refractivity (Wildman–Crippen MR) is 124 cm³/mol. The first-order valence-corrected chi connectivity index (χ1v) is 11.6.